The van der Waals surface area contributed by atoms with Crippen LogP contribution < -0.4 is 0 Å². The van der Waals surface area contributed by atoms with Crippen LogP contribution in [0.3, 0.4) is 0 Å². The average molecular weight is 537 g/mol. The minimum absolute atomic E-state index is 0.0728. The van der Waals surface area contributed by atoms with Crippen LogP contribution >= 0.6 is 10.3 Å². The third-order valence-electron chi connectivity index (χ3n) is 8.81. The van der Waals surface area contributed by atoms with E-state index in [4.69, 9.17) is 3.63 Å². The van der Waals surface area contributed by atoms with Crippen LogP contribution in [0, 0.1) is 37.5 Å². The first-order chi connectivity index (χ1) is 17.4. The number of Topliss-reactive ketones (excluding diaryl/α,β-unsaturated/α-hetero) is 1. The molecule has 0 amide bonds. The van der Waals surface area contributed by atoms with E-state index in [2.05, 4.69) is 26.0 Å². The minimum atomic E-state index is -4.14. The van der Waals surface area contributed by atoms with Crippen molar-refractivity contribution in [1.29, 1.82) is 0 Å². The lowest BCUT2D eigenvalue weighted by Crippen LogP contribution is -2.42. The molecule has 196 valence electrons. The standard InChI is InChI=1S/C31H36O4S2/c1-22-18-23(2)29(24(3)19-22)37(26-12-8-6-9-13-26,27-14-10-7-11-15-27)35-36(33,34)21-31-17-16-25(20-28(31)32)30(31,4)5/h6-15,18-19,25H,16-17,20-21H2,1-5H3. The number of carbonyl (C=O) groups is 1. The van der Waals surface area contributed by atoms with E-state index in [1.54, 1.807) is 0 Å². The topological polar surface area (TPSA) is 60.4 Å². The quantitative estimate of drug-likeness (QED) is 0.313. The van der Waals surface area contributed by atoms with Crippen molar-refractivity contribution >= 4 is 26.2 Å². The maximum atomic E-state index is 14.3. The Hall–Kier alpha value is -2.41. The van der Waals surface area contributed by atoms with Crippen molar-refractivity contribution in [3.05, 3.63) is 89.5 Å². The molecule has 0 spiro atoms. The van der Waals surface area contributed by atoms with E-state index < -0.39 is 25.8 Å². The number of aryl methyl sites for hydroxylation is 3. The van der Waals surface area contributed by atoms with E-state index in [9.17, 15) is 13.2 Å². The van der Waals surface area contributed by atoms with Crippen LogP contribution in [0.5, 0.6) is 0 Å². The molecule has 2 aliphatic carbocycles. The first kappa shape index (κ1) is 26.2. The normalized spacial score (nSPS) is 23.4. The highest BCUT2D eigenvalue weighted by Crippen LogP contribution is 2.72. The van der Waals surface area contributed by atoms with Crippen molar-refractivity contribution in [1.82, 2.24) is 0 Å². The number of fused-ring (bicyclic) bond motifs is 2. The Morgan fingerprint density at radius 1 is 0.865 bits per heavy atom. The van der Waals surface area contributed by atoms with E-state index in [-0.39, 0.29) is 22.9 Å². The molecule has 2 bridgehead atoms. The highest BCUT2D eigenvalue weighted by molar-refractivity contribution is 8.33. The largest absolute Gasteiger partial charge is 0.299 e. The zero-order valence-electron chi connectivity index (χ0n) is 22.3. The summed E-state index contributed by atoms with van der Waals surface area (Å²) < 4.78 is 35.2. The van der Waals surface area contributed by atoms with Gasteiger partial charge in [0.05, 0.1) is 11.2 Å². The lowest BCUT2D eigenvalue weighted by atomic mass is 9.70. The molecule has 3 aromatic rings. The number of hydrogen-bond donors (Lipinski definition) is 0. The Morgan fingerprint density at radius 2 is 1.38 bits per heavy atom. The Bertz CT molecular complexity index is 1380. The fraction of sp³-hybridized carbons (Fsp3) is 0.387. The maximum absolute atomic E-state index is 14.3. The van der Waals surface area contributed by atoms with Crippen LogP contribution in [0.4, 0.5) is 0 Å². The molecule has 2 unspecified atom stereocenters. The van der Waals surface area contributed by atoms with Gasteiger partial charge in [-0.1, -0.05) is 67.9 Å². The van der Waals surface area contributed by atoms with Crippen molar-refractivity contribution in [3.63, 3.8) is 0 Å². The molecule has 0 saturated heterocycles. The lowest BCUT2D eigenvalue weighted by molar-refractivity contribution is -0.128. The van der Waals surface area contributed by atoms with Gasteiger partial charge < -0.3 is 0 Å². The third-order valence-corrected chi connectivity index (χ3v) is 14.4. The molecule has 2 saturated carbocycles. The number of hydrogen-bond acceptors (Lipinski definition) is 4. The summed E-state index contributed by atoms with van der Waals surface area (Å²) in [6.45, 7) is 10.2. The van der Waals surface area contributed by atoms with Gasteiger partial charge in [0.25, 0.3) is 10.1 Å². The van der Waals surface area contributed by atoms with Gasteiger partial charge in [0, 0.05) is 21.1 Å². The molecule has 5 rings (SSSR count). The smallest absolute Gasteiger partial charge is 0.278 e. The van der Waals surface area contributed by atoms with Gasteiger partial charge in [-0.15, -0.1) is 0 Å². The highest BCUT2D eigenvalue weighted by atomic mass is 32.3. The second-order valence-corrected chi connectivity index (χ2v) is 15.8. The van der Waals surface area contributed by atoms with Crippen molar-refractivity contribution in [2.45, 2.75) is 68.6 Å². The first-order valence-electron chi connectivity index (χ1n) is 12.9. The van der Waals surface area contributed by atoms with Crippen LogP contribution in [-0.2, 0) is 18.5 Å². The molecule has 0 heterocycles. The molecule has 37 heavy (non-hydrogen) atoms. The predicted octanol–water partition coefficient (Wildman–Crippen LogP) is 7.55. The Kier molecular flexibility index (Phi) is 6.45. The van der Waals surface area contributed by atoms with E-state index in [1.807, 2.05) is 81.4 Å². The number of rotatable bonds is 7. The van der Waals surface area contributed by atoms with Crippen LogP contribution in [-0.4, -0.2) is 20.0 Å². The molecule has 0 aromatic heterocycles. The molecule has 0 N–H and O–H groups in total. The molecular formula is C31H36O4S2. The summed E-state index contributed by atoms with van der Waals surface area (Å²) in [6, 6.07) is 23.6. The highest BCUT2D eigenvalue weighted by Gasteiger charge is 2.65. The van der Waals surface area contributed by atoms with Crippen LogP contribution in [0.1, 0.15) is 49.8 Å². The first-order valence-corrected chi connectivity index (χ1v) is 16.0. The summed E-state index contributed by atoms with van der Waals surface area (Å²) in [5, 5.41) is 0. The van der Waals surface area contributed by atoms with Crippen molar-refractivity contribution in [2.24, 2.45) is 16.7 Å². The summed E-state index contributed by atoms with van der Waals surface area (Å²) in [6.07, 6.45) is 1.96. The zero-order valence-corrected chi connectivity index (χ0v) is 23.9. The molecule has 0 aliphatic heterocycles. The summed E-state index contributed by atoms with van der Waals surface area (Å²) >= 11 is 0. The van der Waals surface area contributed by atoms with Crippen molar-refractivity contribution in [2.75, 3.05) is 5.75 Å². The molecule has 4 nitrogen and oxygen atoms in total. The Balaban J connectivity index is 1.74. The number of benzene rings is 3. The third kappa shape index (κ3) is 4.08. The van der Waals surface area contributed by atoms with Crippen molar-refractivity contribution in [3.8, 4) is 0 Å². The number of carbonyl (C=O) groups excluding carboxylic acids is 1. The molecule has 2 atom stereocenters. The van der Waals surface area contributed by atoms with E-state index in [0.717, 1.165) is 37.8 Å². The Morgan fingerprint density at radius 3 is 1.81 bits per heavy atom. The molecule has 6 heteroatoms. The molecule has 2 aliphatic rings. The van der Waals surface area contributed by atoms with Gasteiger partial charge in [0.15, 0.2) is 0 Å². The molecular weight excluding hydrogens is 500 g/mol. The van der Waals surface area contributed by atoms with Gasteiger partial charge in [-0.05, 0) is 90.6 Å². The fourth-order valence-electron chi connectivity index (χ4n) is 6.92. The molecule has 3 aromatic carbocycles. The van der Waals surface area contributed by atoms with Gasteiger partial charge in [0.1, 0.15) is 5.78 Å². The van der Waals surface area contributed by atoms with E-state index in [1.165, 1.54) is 0 Å². The SMILES string of the molecule is Cc1cc(C)c(S(OS(=O)(=O)CC23CCC(CC2=O)C3(C)C)(c2ccccc2)c2ccccc2)c(C)c1. The minimum Gasteiger partial charge on any atom is -0.299 e. The van der Waals surface area contributed by atoms with Gasteiger partial charge in [-0.25, -0.2) is 3.63 Å². The average Bonchev–Trinajstić information content (AvgIpc) is 3.18. The summed E-state index contributed by atoms with van der Waals surface area (Å²) in [5.74, 6) is 0.0292. The monoisotopic (exact) mass is 536 g/mol. The van der Waals surface area contributed by atoms with Gasteiger partial charge in [0.2, 0.25) is 0 Å². The molecule has 2 fully saturated rings. The number of ketones is 1. The predicted molar refractivity (Wildman–Crippen MR) is 149 cm³/mol. The lowest BCUT2D eigenvalue weighted by Gasteiger charge is -2.43. The van der Waals surface area contributed by atoms with Gasteiger partial charge in [-0.2, -0.15) is 8.42 Å². The zero-order chi connectivity index (χ0) is 26.6. The summed E-state index contributed by atoms with van der Waals surface area (Å²) in [7, 11) is -6.83. The van der Waals surface area contributed by atoms with Crippen LogP contribution in [0.25, 0.3) is 0 Å². The van der Waals surface area contributed by atoms with Gasteiger partial charge >= 0.3 is 0 Å². The van der Waals surface area contributed by atoms with E-state index >= 15 is 0 Å². The van der Waals surface area contributed by atoms with Crippen LogP contribution in [0.15, 0.2) is 87.5 Å². The maximum Gasteiger partial charge on any atom is 0.278 e. The van der Waals surface area contributed by atoms with Gasteiger partial charge in [-0.3, -0.25) is 4.79 Å². The Labute approximate surface area is 223 Å². The molecule has 0 radical (unpaired) electrons. The van der Waals surface area contributed by atoms with E-state index in [0.29, 0.717) is 12.8 Å². The second kappa shape index (κ2) is 9.11. The summed E-state index contributed by atoms with van der Waals surface area (Å²) in [5.41, 5.74) is 1.84. The van der Waals surface area contributed by atoms with Crippen molar-refractivity contribution < 1.29 is 16.8 Å². The second-order valence-electron chi connectivity index (χ2n) is 11.3. The fourth-order valence-corrected chi connectivity index (χ4v) is 13.4. The summed E-state index contributed by atoms with van der Waals surface area (Å²) in [4.78, 5) is 15.8. The van der Waals surface area contributed by atoms with Crippen LogP contribution in [0.2, 0.25) is 0 Å².